The normalized spacial score (nSPS) is 12.6. The first-order chi connectivity index (χ1) is 18.3. The van der Waals surface area contributed by atoms with E-state index in [2.05, 4.69) is 31.1 Å². The first kappa shape index (κ1) is 40.2. The molecule has 1 N–H and O–H groups in total. The van der Waals surface area contributed by atoms with E-state index in [0.717, 1.165) is 79.7 Å². The van der Waals surface area contributed by atoms with Crippen LogP contribution >= 0.6 is 0 Å². The molecule has 1 amide bonds. The van der Waals surface area contributed by atoms with Crippen molar-refractivity contribution in [2.24, 2.45) is 4.99 Å². The van der Waals surface area contributed by atoms with Crippen molar-refractivity contribution in [2.45, 2.75) is 76.7 Å². The summed E-state index contributed by atoms with van der Waals surface area (Å²) >= 11 is 0. The number of hydrogen-bond donors (Lipinski definition) is 1. The van der Waals surface area contributed by atoms with Crippen LogP contribution in [0.25, 0.3) is 4.13 Å². The third-order valence-corrected chi connectivity index (χ3v) is 7.94. The van der Waals surface area contributed by atoms with Gasteiger partial charge in [0.1, 0.15) is 13.2 Å². The van der Waals surface area contributed by atoms with E-state index in [1.165, 1.54) is 6.08 Å². The van der Waals surface area contributed by atoms with Crippen LogP contribution in [0.4, 0.5) is 31.1 Å². The van der Waals surface area contributed by atoms with Gasteiger partial charge in [0.15, 0.2) is 20.0 Å². The highest BCUT2D eigenvalue weighted by Crippen LogP contribution is 2.36. The molecule has 0 heterocycles. The summed E-state index contributed by atoms with van der Waals surface area (Å²) in [4.78, 5) is 25.2. The Kier molecular flexibility index (Phi) is 19.3. The molecule has 0 saturated carbocycles. The highest BCUT2D eigenvalue weighted by molar-refractivity contribution is 8.13. The molecule has 0 aliphatic heterocycles. The summed E-state index contributed by atoms with van der Waals surface area (Å²) in [5.41, 5.74) is -12.4. The predicted molar refractivity (Wildman–Crippen MR) is 135 cm³/mol. The van der Waals surface area contributed by atoms with Crippen LogP contribution in [-0.4, -0.2) is 90.4 Å². The fourth-order valence-electron chi connectivity index (χ4n) is 3.60. The minimum absolute atomic E-state index is 0.312. The second kappa shape index (κ2) is 19.2. The van der Waals surface area contributed by atoms with E-state index >= 15 is 0 Å². The van der Waals surface area contributed by atoms with Gasteiger partial charge in [0.05, 0.1) is 26.2 Å². The van der Waals surface area contributed by atoms with E-state index in [1.54, 1.807) is 0 Å². The second-order valence-electron chi connectivity index (χ2n) is 8.60. The molecule has 0 fully saturated rings. The minimum Gasteiger partial charge on any atom is -0.444 e. The van der Waals surface area contributed by atoms with E-state index in [-0.39, 0.29) is 6.09 Å². The molecule has 19 heteroatoms. The van der Waals surface area contributed by atoms with Crippen molar-refractivity contribution < 1.29 is 62.0 Å². The average molecular weight is 637 g/mol. The van der Waals surface area contributed by atoms with Gasteiger partial charge in [0.25, 0.3) is 0 Å². The van der Waals surface area contributed by atoms with E-state index in [9.17, 15) is 52.8 Å². The maximum absolute atomic E-state index is 11.8. The lowest BCUT2D eigenvalue weighted by atomic mass is 10.2. The lowest BCUT2D eigenvalue weighted by Gasteiger charge is -2.38. The van der Waals surface area contributed by atoms with Gasteiger partial charge in [-0.1, -0.05) is 33.6 Å². The van der Waals surface area contributed by atoms with Crippen LogP contribution in [0.5, 0.6) is 0 Å². The maximum atomic E-state index is 11.8. The molecule has 0 aliphatic carbocycles. The van der Waals surface area contributed by atoms with Gasteiger partial charge in [-0.15, -0.1) is 0 Å². The molecule has 0 aromatic heterocycles. The smallest absolute Gasteiger partial charge is 0.444 e. The zero-order valence-electron chi connectivity index (χ0n) is 22.7. The molecule has 0 aromatic rings. The number of nitrogens with zero attached hydrogens (tertiary/aromatic N) is 3. The molecular formula is C21H38F6N4O7S2. The van der Waals surface area contributed by atoms with Gasteiger partial charge in [0.2, 0.25) is 6.08 Å². The van der Waals surface area contributed by atoms with Gasteiger partial charge in [-0.25, -0.2) is 31.4 Å². The Morgan fingerprint density at radius 2 is 1.27 bits per heavy atom. The molecule has 40 heavy (non-hydrogen) atoms. The number of aliphatic imine (C=N–C) groups is 1. The lowest BCUT2D eigenvalue weighted by Crippen LogP contribution is -2.52. The Hall–Kier alpha value is -1.95. The summed E-state index contributed by atoms with van der Waals surface area (Å²) < 4.78 is 116. The van der Waals surface area contributed by atoms with Gasteiger partial charge in [0, 0.05) is 6.54 Å². The van der Waals surface area contributed by atoms with E-state index < -0.39 is 31.1 Å². The molecule has 0 unspecified atom stereocenters. The maximum Gasteiger partial charge on any atom is 0.480 e. The van der Waals surface area contributed by atoms with Crippen LogP contribution in [0, 0.1) is 0 Å². The molecule has 0 saturated heterocycles. The standard InChI is InChI=1S/C19H37N3O3.C2F6NO4S2/c1-4-13-22(14-5-2,15-6-3)16-17-25-19(24)21-12-10-8-7-9-11-20-18-23;3-1(4,5)14(10,11)9-15(12,13)2(6,7)8/h4-17H2,1-3H3;/q;-1/p+1. The third-order valence-electron chi connectivity index (χ3n) is 5.20. The summed E-state index contributed by atoms with van der Waals surface area (Å²) in [5, 5.41) is 2.81. The first-order valence-corrected chi connectivity index (χ1v) is 15.4. The van der Waals surface area contributed by atoms with Gasteiger partial charge >= 0.3 is 17.1 Å². The number of alkyl halides is 6. The zero-order valence-corrected chi connectivity index (χ0v) is 24.3. The molecule has 11 nitrogen and oxygen atoms in total. The SMILES string of the molecule is CCC[N+](CCC)(CCC)CCOC(=O)NCCCCCCN=C=O.O=S(=O)([N-]S(=O)(=O)C(F)(F)F)C(F)(F)F. The molecule has 0 aromatic carbocycles. The number of nitrogens with one attached hydrogen (secondary N) is 1. The topological polar surface area (TPSA) is 150 Å². The summed E-state index contributed by atoms with van der Waals surface area (Å²) in [6.45, 7) is 12.7. The van der Waals surface area contributed by atoms with Gasteiger partial charge in [-0.2, -0.15) is 26.3 Å². The molecule has 0 aliphatic rings. The lowest BCUT2D eigenvalue weighted by molar-refractivity contribution is -0.928. The third kappa shape index (κ3) is 17.0. The number of alkyl carbamates (subject to hydrolysis) is 1. The Bertz CT molecular complexity index is 925. The zero-order chi connectivity index (χ0) is 31.5. The average Bonchev–Trinajstić information content (AvgIpc) is 2.79. The van der Waals surface area contributed by atoms with E-state index in [1.807, 2.05) is 0 Å². The van der Waals surface area contributed by atoms with Crippen molar-refractivity contribution >= 4 is 32.2 Å². The number of unbranched alkanes of at least 4 members (excludes halogenated alkanes) is 3. The number of halogens is 6. The molecule has 0 radical (unpaired) electrons. The number of ether oxygens (including phenoxy) is 1. The monoisotopic (exact) mass is 636 g/mol. The number of hydrogen-bond acceptors (Lipinski definition) is 8. The number of carbonyl (C=O) groups is 1. The van der Waals surface area contributed by atoms with Crippen LogP contribution < -0.4 is 5.32 Å². The van der Waals surface area contributed by atoms with Crippen molar-refractivity contribution in [1.82, 2.24) is 5.32 Å². The molecule has 0 rings (SSSR count). The quantitative estimate of drug-likeness (QED) is 0.0752. The molecule has 0 spiro atoms. The fourth-order valence-corrected chi connectivity index (χ4v) is 5.31. The number of sulfonamides is 2. The van der Waals surface area contributed by atoms with E-state index in [0.29, 0.717) is 19.7 Å². The van der Waals surface area contributed by atoms with Crippen LogP contribution in [0.15, 0.2) is 4.99 Å². The molecular weight excluding hydrogens is 598 g/mol. The van der Waals surface area contributed by atoms with Crippen LogP contribution in [0.3, 0.4) is 0 Å². The number of rotatable bonds is 18. The summed E-state index contributed by atoms with van der Waals surface area (Å²) in [6, 6.07) is 0. The van der Waals surface area contributed by atoms with Gasteiger partial charge in [-0.05, 0) is 32.1 Å². The summed E-state index contributed by atoms with van der Waals surface area (Å²) in [7, 11) is -13.4. The minimum atomic E-state index is -6.72. The Morgan fingerprint density at radius 3 is 1.68 bits per heavy atom. The predicted octanol–water partition coefficient (Wildman–Crippen LogP) is 4.71. The second-order valence-corrected chi connectivity index (χ2v) is 12.0. The highest BCUT2D eigenvalue weighted by Gasteiger charge is 2.46. The van der Waals surface area contributed by atoms with Crippen molar-refractivity contribution in [1.29, 1.82) is 0 Å². The Balaban J connectivity index is 0. The number of isocyanates is 1. The van der Waals surface area contributed by atoms with Gasteiger partial charge in [-0.3, -0.25) is 0 Å². The highest BCUT2D eigenvalue weighted by atomic mass is 32.3. The van der Waals surface area contributed by atoms with Crippen molar-refractivity contribution in [3.05, 3.63) is 4.13 Å². The summed E-state index contributed by atoms with van der Waals surface area (Å²) in [5.74, 6) is 0. The Labute approximate surface area is 231 Å². The van der Waals surface area contributed by atoms with Crippen LogP contribution in [0.1, 0.15) is 65.7 Å². The first-order valence-electron chi connectivity index (χ1n) is 12.5. The fraction of sp³-hybridized carbons (Fsp3) is 0.905. The van der Waals surface area contributed by atoms with Crippen LogP contribution in [-0.2, 0) is 29.6 Å². The number of quaternary nitrogens is 1. The van der Waals surface area contributed by atoms with Crippen molar-refractivity contribution in [2.75, 3.05) is 45.9 Å². The number of amides is 1. The van der Waals surface area contributed by atoms with E-state index in [4.69, 9.17) is 4.74 Å². The van der Waals surface area contributed by atoms with Crippen LogP contribution in [0.2, 0.25) is 0 Å². The molecule has 0 atom stereocenters. The van der Waals surface area contributed by atoms with Crippen molar-refractivity contribution in [3.8, 4) is 0 Å². The number of carbonyl (C=O) groups excluding carboxylic acids is 2. The summed E-state index contributed by atoms with van der Waals surface area (Å²) in [6.07, 6.45) is 8.53. The Morgan fingerprint density at radius 1 is 0.825 bits per heavy atom. The van der Waals surface area contributed by atoms with Gasteiger partial charge < -0.3 is 18.7 Å². The van der Waals surface area contributed by atoms with Crippen molar-refractivity contribution in [3.63, 3.8) is 0 Å². The largest absolute Gasteiger partial charge is 0.480 e. The molecule has 238 valence electrons. The molecule has 0 bridgehead atoms.